The summed E-state index contributed by atoms with van der Waals surface area (Å²) in [5.74, 6) is -0.797. The zero-order chi connectivity index (χ0) is 15.2. The van der Waals surface area contributed by atoms with E-state index in [4.69, 9.17) is 5.11 Å². The average molecular weight is 283 g/mol. The van der Waals surface area contributed by atoms with Crippen LogP contribution in [0.15, 0.2) is 48.5 Å². The molecule has 21 heavy (non-hydrogen) atoms. The lowest BCUT2D eigenvalue weighted by molar-refractivity contribution is -0.136. The van der Waals surface area contributed by atoms with E-state index >= 15 is 0 Å². The standard InChI is InChI=1S/C18H21NO2/c1-13-4-3-5-17(10-13)14(2)19-12-16-8-6-15(7-9-16)11-18(20)21/h3-10,14,19H,11-12H2,1-2H3,(H,20,21)/t14-/m0/s1. The van der Waals surface area contributed by atoms with E-state index in [-0.39, 0.29) is 12.5 Å². The topological polar surface area (TPSA) is 49.3 Å². The summed E-state index contributed by atoms with van der Waals surface area (Å²) < 4.78 is 0. The van der Waals surface area contributed by atoms with Crippen LogP contribution in [0.2, 0.25) is 0 Å². The summed E-state index contributed by atoms with van der Waals surface area (Å²) in [7, 11) is 0. The van der Waals surface area contributed by atoms with Gasteiger partial charge in [-0.15, -0.1) is 0 Å². The van der Waals surface area contributed by atoms with Crippen LogP contribution in [0.5, 0.6) is 0 Å². The van der Waals surface area contributed by atoms with E-state index in [0.717, 1.165) is 17.7 Å². The molecule has 3 nitrogen and oxygen atoms in total. The predicted octanol–water partition coefficient (Wildman–Crippen LogP) is 3.47. The zero-order valence-corrected chi connectivity index (χ0v) is 12.5. The van der Waals surface area contributed by atoms with Gasteiger partial charge in [-0.25, -0.2) is 0 Å². The molecular weight excluding hydrogens is 262 g/mol. The molecule has 0 aliphatic carbocycles. The van der Waals surface area contributed by atoms with E-state index < -0.39 is 5.97 Å². The first-order valence-corrected chi connectivity index (χ1v) is 7.14. The summed E-state index contributed by atoms with van der Waals surface area (Å²) in [6, 6.07) is 16.5. The lowest BCUT2D eigenvalue weighted by Gasteiger charge is -2.15. The van der Waals surface area contributed by atoms with Crippen LogP contribution in [0.25, 0.3) is 0 Å². The maximum Gasteiger partial charge on any atom is 0.307 e. The smallest absolute Gasteiger partial charge is 0.307 e. The summed E-state index contributed by atoms with van der Waals surface area (Å²) in [4.78, 5) is 10.6. The van der Waals surface area contributed by atoms with E-state index in [1.165, 1.54) is 11.1 Å². The molecule has 2 aromatic rings. The Bertz CT molecular complexity index is 605. The highest BCUT2D eigenvalue weighted by Gasteiger charge is 2.05. The molecule has 1 atom stereocenters. The SMILES string of the molecule is Cc1cccc([C@H](C)NCc2ccc(CC(=O)O)cc2)c1. The number of hydrogen-bond donors (Lipinski definition) is 2. The van der Waals surface area contributed by atoms with Gasteiger partial charge in [0.15, 0.2) is 0 Å². The first kappa shape index (κ1) is 15.3. The Morgan fingerprint density at radius 2 is 1.81 bits per heavy atom. The number of hydrogen-bond acceptors (Lipinski definition) is 2. The number of aryl methyl sites for hydroxylation is 1. The van der Waals surface area contributed by atoms with Crippen molar-refractivity contribution in [3.63, 3.8) is 0 Å². The second-order valence-electron chi connectivity index (χ2n) is 5.40. The molecule has 0 aromatic heterocycles. The van der Waals surface area contributed by atoms with Crippen molar-refractivity contribution >= 4 is 5.97 Å². The van der Waals surface area contributed by atoms with Crippen molar-refractivity contribution in [2.45, 2.75) is 32.9 Å². The molecule has 110 valence electrons. The van der Waals surface area contributed by atoms with Crippen LogP contribution in [0.1, 0.15) is 35.2 Å². The normalized spacial score (nSPS) is 12.1. The monoisotopic (exact) mass is 283 g/mol. The fourth-order valence-electron chi connectivity index (χ4n) is 2.28. The summed E-state index contributed by atoms with van der Waals surface area (Å²) in [6.07, 6.45) is 0.0768. The molecular formula is C18H21NO2. The molecule has 0 spiro atoms. The van der Waals surface area contributed by atoms with E-state index in [9.17, 15) is 4.79 Å². The van der Waals surface area contributed by atoms with E-state index in [1.807, 2.05) is 24.3 Å². The van der Waals surface area contributed by atoms with Gasteiger partial charge in [-0.1, -0.05) is 54.1 Å². The van der Waals surface area contributed by atoms with Gasteiger partial charge in [0.05, 0.1) is 6.42 Å². The van der Waals surface area contributed by atoms with Crippen molar-refractivity contribution in [2.75, 3.05) is 0 Å². The number of nitrogens with one attached hydrogen (secondary N) is 1. The number of carboxylic acid groups (broad SMARTS) is 1. The Kier molecular flexibility index (Phi) is 5.12. The van der Waals surface area contributed by atoms with Crippen LogP contribution in [0.3, 0.4) is 0 Å². The van der Waals surface area contributed by atoms with Gasteiger partial charge in [0.1, 0.15) is 0 Å². The largest absolute Gasteiger partial charge is 0.481 e. The van der Waals surface area contributed by atoms with Crippen LogP contribution in [0.4, 0.5) is 0 Å². The molecule has 0 aliphatic heterocycles. The maximum absolute atomic E-state index is 10.6. The number of benzene rings is 2. The Morgan fingerprint density at radius 1 is 1.14 bits per heavy atom. The number of carboxylic acids is 1. The highest BCUT2D eigenvalue weighted by molar-refractivity contribution is 5.70. The van der Waals surface area contributed by atoms with E-state index in [0.29, 0.717) is 0 Å². The molecule has 2 N–H and O–H groups in total. The maximum atomic E-state index is 10.6. The minimum atomic E-state index is -0.797. The Balaban J connectivity index is 1.92. The minimum absolute atomic E-state index is 0.0768. The molecule has 0 radical (unpaired) electrons. The van der Waals surface area contributed by atoms with Crippen molar-refractivity contribution in [1.29, 1.82) is 0 Å². The fourth-order valence-corrected chi connectivity index (χ4v) is 2.28. The number of aliphatic carboxylic acids is 1. The molecule has 0 unspecified atom stereocenters. The molecule has 2 aromatic carbocycles. The molecule has 0 saturated heterocycles. The quantitative estimate of drug-likeness (QED) is 0.853. The first-order chi connectivity index (χ1) is 10.0. The van der Waals surface area contributed by atoms with Gasteiger partial charge in [-0.2, -0.15) is 0 Å². The number of rotatable bonds is 6. The van der Waals surface area contributed by atoms with Crippen LogP contribution in [-0.4, -0.2) is 11.1 Å². The van der Waals surface area contributed by atoms with Gasteiger partial charge >= 0.3 is 5.97 Å². The highest BCUT2D eigenvalue weighted by atomic mass is 16.4. The van der Waals surface area contributed by atoms with Crippen molar-refractivity contribution < 1.29 is 9.90 Å². The molecule has 0 bridgehead atoms. The van der Waals surface area contributed by atoms with Crippen molar-refractivity contribution in [1.82, 2.24) is 5.32 Å². The lowest BCUT2D eigenvalue weighted by atomic mass is 10.0. The van der Waals surface area contributed by atoms with Crippen LogP contribution in [0, 0.1) is 6.92 Å². The van der Waals surface area contributed by atoms with Gasteiger partial charge in [0.2, 0.25) is 0 Å². The Hall–Kier alpha value is -2.13. The second kappa shape index (κ2) is 7.04. The molecule has 3 heteroatoms. The molecule has 0 saturated carbocycles. The van der Waals surface area contributed by atoms with Crippen LogP contribution < -0.4 is 5.32 Å². The number of carbonyl (C=O) groups is 1. The van der Waals surface area contributed by atoms with Crippen molar-refractivity contribution in [3.05, 3.63) is 70.8 Å². The summed E-state index contributed by atoms with van der Waals surface area (Å²) >= 11 is 0. The highest BCUT2D eigenvalue weighted by Crippen LogP contribution is 2.15. The summed E-state index contributed by atoms with van der Waals surface area (Å²) in [6.45, 7) is 5.01. The Morgan fingerprint density at radius 3 is 2.43 bits per heavy atom. The van der Waals surface area contributed by atoms with Crippen molar-refractivity contribution in [3.8, 4) is 0 Å². The summed E-state index contributed by atoms with van der Waals surface area (Å²) in [5, 5.41) is 12.2. The lowest BCUT2D eigenvalue weighted by Crippen LogP contribution is -2.18. The molecule has 0 amide bonds. The molecule has 0 aliphatic rings. The fraction of sp³-hybridized carbons (Fsp3) is 0.278. The van der Waals surface area contributed by atoms with Crippen LogP contribution in [-0.2, 0) is 17.8 Å². The van der Waals surface area contributed by atoms with Gasteiger partial charge in [0.25, 0.3) is 0 Å². The summed E-state index contributed by atoms with van der Waals surface area (Å²) in [5.41, 5.74) is 4.53. The third-order valence-electron chi connectivity index (χ3n) is 3.53. The van der Waals surface area contributed by atoms with Gasteiger partial charge in [0, 0.05) is 12.6 Å². The first-order valence-electron chi connectivity index (χ1n) is 7.14. The van der Waals surface area contributed by atoms with E-state index in [2.05, 4.69) is 43.4 Å². The molecule has 0 heterocycles. The zero-order valence-electron chi connectivity index (χ0n) is 12.5. The van der Waals surface area contributed by atoms with Gasteiger partial charge in [-0.05, 0) is 30.5 Å². The van der Waals surface area contributed by atoms with Gasteiger partial charge < -0.3 is 10.4 Å². The predicted molar refractivity (Wildman–Crippen MR) is 84.2 cm³/mol. The van der Waals surface area contributed by atoms with Crippen molar-refractivity contribution in [2.24, 2.45) is 0 Å². The van der Waals surface area contributed by atoms with Gasteiger partial charge in [-0.3, -0.25) is 4.79 Å². The third kappa shape index (κ3) is 4.72. The van der Waals surface area contributed by atoms with Crippen LogP contribution >= 0.6 is 0 Å². The average Bonchev–Trinajstić information content (AvgIpc) is 2.45. The Labute approximate surface area is 125 Å². The van der Waals surface area contributed by atoms with E-state index in [1.54, 1.807) is 0 Å². The third-order valence-corrected chi connectivity index (χ3v) is 3.53. The molecule has 2 rings (SSSR count). The molecule has 0 fully saturated rings. The second-order valence-corrected chi connectivity index (χ2v) is 5.40. The minimum Gasteiger partial charge on any atom is -0.481 e.